The Morgan fingerprint density at radius 1 is 1.35 bits per heavy atom. The molecule has 96 valence electrons. The molecule has 1 aromatic heterocycles. The van der Waals surface area contributed by atoms with Gasteiger partial charge in [0.15, 0.2) is 0 Å². The van der Waals surface area contributed by atoms with Gasteiger partial charge in [-0.3, -0.25) is 4.68 Å². The first-order valence-corrected chi connectivity index (χ1v) is 7.12. The molecule has 3 heteroatoms. The molecule has 3 nitrogen and oxygen atoms in total. The number of nitrogens with zero attached hydrogens (tertiary/aromatic N) is 2. The molecule has 1 fully saturated rings. The Morgan fingerprint density at radius 2 is 2.18 bits per heavy atom. The third-order valence-corrected chi connectivity index (χ3v) is 3.45. The second kappa shape index (κ2) is 6.20. The first-order valence-electron chi connectivity index (χ1n) is 7.12. The number of hydrogen-bond acceptors (Lipinski definition) is 2. The van der Waals surface area contributed by atoms with E-state index in [1.165, 1.54) is 50.0 Å². The Balaban J connectivity index is 1.70. The minimum absolute atomic E-state index is 0.850. The second-order valence-corrected chi connectivity index (χ2v) is 4.98. The first-order chi connectivity index (χ1) is 8.33. The van der Waals surface area contributed by atoms with E-state index < -0.39 is 0 Å². The van der Waals surface area contributed by atoms with Gasteiger partial charge in [0, 0.05) is 18.3 Å². The predicted molar refractivity (Wildman–Crippen MR) is 71.2 cm³/mol. The van der Waals surface area contributed by atoms with Crippen LogP contribution in [0.5, 0.6) is 0 Å². The summed E-state index contributed by atoms with van der Waals surface area (Å²) in [6.45, 7) is 6.53. The number of hydrogen-bond donors (Lipinski definition) is 1. The lowest BCUT2D eigenvalue weighted by atomic mass is 10.1. The molecule has 1 aromatic rings. The highest BCUT2D eigenvalue weighted by molar-refractivity contribution is 5.10. The topological polar surface area (TPSA) is 29.9 Å². The van der Waals surface area contributed by atoms with E-state index in [1.54, 1.807) is 0 Å². The maximum absolute atomic E-state index is 4.59. The van der Waals surface area contributed by atoms with Crippen LogP contribution in [-0.4, -0.2) is 22.4 Å². The molecule has 0 bridgehead atoms. The standard InChI is InChI=1S/C14H25N3/c1-3-12-11-14(17(4-2)16-12)7-5-6-10-15-13-8-9-13/h11,13,15H,3-10H2,1-2H3. The molecule has 17 heavy (non-hydrogen) atoms. The van der Waals surface area contributed by atoms with Crippen molar-refractivity contribution in [1.29, 1.82) is 0 Å². The van der Waals surface area contributed by atoms with Gasteiger partial charge in [-0.2, -0.15) is 5.10 Å². The summed E-state index contributed by atoms with van der Waals surface area (Å²) >= 11 is 0. The molecule has 0 unspecified atom stereocenters. The summed E-state index contributed by atoms with van der Waals surface area (Å²) in [6.07, 6.45) is 7.56. The monoisotopic (exact) mass is 235 g/mol. The van der Waals surface area contributed by atoms with Crippen LogP contribution in [0.2, 0.25) is 0 Å². The number of rotatable bonds is 8. The van der Waals surface area contributed by atoms with E-state index in [0.717, 1.165) is 19.0 Å². The molecule has 0 aliphatic heterocycles. The van der Waals surface area contributed by atoms with Gasteiger partial charge in [0.1, 0.15) is 0 Å². The molecule has 1 heterocycles. The Bertz CT molecular complexity index is 339. The van der Waals surface area contributed by atoms with E-state index in [1.807, 2.05) is 0 Å². The van der Waals surface area contributed by atoms with Crippen LogP contribution in [0.25, 0.3) is 0 Å². The van der Waals surface area contributed by atoms with Crippen LogP contribution in [0, 0.1) is 0 Å². The largest absolute Gasteiger partial charge is 0.314 e. The van der Waals surface area contributed by atoms with Crippen molar-refractivity contribution in [2.75, 3.05) is 6.54 Å². The van der Waals surface area contributed by atoms with Crippen molar-refractivity contribution in [3.8, 4) is 0 Å². The lowest BCUT2D eigenvalue weighted by molar-refractivity contribution is 0.578. The van der Waals surface area contributed by atoms with E-state index in [-0.39, 0.29) is 0 Å². The van der Waals surface area contributed by atoms with E-state index in [9.17, 15) is 0 Å². The lowest BCUT2D eigenvalue weighted by Gasteiger charge is -2.05. The summed E-state index contributed by atoms with van der Waals surface area (Å²) < 4.78 is 2.16. The summed E-state index contributed by atoms with van der Waals surface area (Å²) in [7, 11) is 0. The molecule has 1 aliphatic carbocycles. The molecular weight excluding hydrogens is 210 g/mol. The summed E-state index contributed by atoms with van der Waals surface area (Å²) in [6, 6.07) is 3.13. The number of nitrogens with one attached hydrogen (secondary N) is 1. The highest BCUT2D eigenvalue weighted by Crippen LogP contribution is 2.18. The molecule has 0 atom stereocenters. The zero-order chi connectivity index (χ0) is 12.1. The minimum Gasteiger partial charge on any atom is -0.314 e. The van der Waals surface area contributed by atoms with Crippen molar-refractivity contribution in [3.63, 3.8) is 0 Å². The number of aryl methyl sites for hydroxylation is 3. The molecule has 0 saturated heterocycles. The van der Waals surface area contributed by atoms with Crippen molar-refractivity contribution >= 4 is 0 Å². The maximum atomic E-state index is 4.59. The van der Waals surface area contributed by atoms with Crippen LogP contribution in [-0.2, 0) is 19.4 Å². The Morgan fingerprint density at radius 3 is 2.82 bits per heavy atom. The normalized spacial score (nSPS) is 15.4. The van der Waals surface area contributed by atoms with Gasteiger partial charge in [-0.05, 0) is 58.1 Å². The van der Waals surface area contributed by atoms with Crippen molar-refractivity contribution in [3.05, 3.63) is 17.5 Å². The van der Waals surface area contributed by atoms with Crippen molar-refractivity contribution in [2.24, 2.45) is 0 Å². The van der Waals surface area contributed by atoms with Crippen LogP contribution in [0.3, 0.4) is 0 Å². The highest BCUT2D eigenvalue weighted by Gasteiger charge is 2.19. The molecule has 0 aromatic carbocycles. The minimum atomic E-state index is 0.850. The number of unbranched alkanes of at least 4 members (excludes halogenated alkanes) is 1. The maximum Gasteiger partial charge on any atom is 0.0624 e. The summed E-state index contributed by atoms with van der Waals surface area (Å²) in [5.74, 6) is 0. The molecule has 1 aliphatic rings. The van der Waals surface area contributed by atoms with E-state index >= 15 is 0 Å². The van der Waals surface area contributed by atoms with E-state index in [2.05, 4.69) is 35.0 Å². The zero-order valence-corrected chi connectivity index (χ0v) is 11.2. The lowest BCUT2D eigenvalue weighted by Crippen LogP contribution is -2.17. The van der Waals surface area contributed by atoms with Gasteiger partial charge in [0.25, 0.3) is 0 Å². The molecule has 1 saturated carbocycles. The highest BCUT2D eigenvalue weighted by atomic mass is 15.3. The van der Waals surface area contributed by atoms with E-state index in [4.69, 9.17) is 0 Å². The Hall–Kier alpha value is -0.830. The van der Waals surface area contributed by atoms with Crippen LogP contribution in [0.1, 0.15) is 50.9 Å². The average Bonchev–Trinajstić information content (AvgIpc) is 3.08. The molecular formula is C14H25N3. The predicted octanol–water partition coefficient (Wildman–Crippen LogP) is 2.54. The van der Waals surface area contributed by atoms with Crippen molar-refractivity contribution in [2.45, 2.75) is 65.0 Å². The van der Waals surface area contributed by atoms with Crippen LogP contribution >= 0.6 is 0 Å². The summed E-state index contributed by atoms with van der Waals surface area (Å²) in [4.78, 5) is 0. The third kappa shape index (κ3) is 3.84. The summed E-state index contributed by atoms with van der Waals surface area (Å²) in [5.41, 5.74) is 2.65. The van der Waals surface area contributed by atoms with Crippen LogP contribution < -0.4 is 5.32 Å². The fourth-order valence-electron chi connectivity index (χ4n) is 2.19. The molecule has 1 N–H and O–H groups in total. The molecule has 0 amide bonds. The first kappa shape index (κ1) is 12.6. The number of aromatic nitrogens is 2. The SMILES string of the molecule is CCc1cc(CCCCNC2CC2)n(CC)n1. The quantitative estimate of drug-likeness (QED) is 0.702. The van der Waals surface area contributed by atoms with Crippen LogP contribution in [0.4, 0.5) is 0 Å². The van der Waals surface area contributed by atoms with Gasteiger partial charge >= 0.3 is 0 Å². The van der Waals surface area contributed by atoms with E-state index in [0.29, 0.717) is 0 Å². The van der Waals surface area contributed by atoms with Gasteiger partial charge in [0.2, 0.25) is 0 Å². The fourth-order valence-corrected chi connectivity index (χ4v) is 2.19. The van der Waals surface area contributed by atoms with Gasteiger partial charge in [-0.1, -0.05) is 6.92 Å². The molecule has 0 radical (unpaired) electrons. The molecule has 0 spiro atoms. The average molecular weight is 235 g/mol. The second-order valence-electron chi connectivity index (χ2n) is 4.98. The fraction of sp³-hybridized carbons (Fsp3) is 0.786. The van der Waals surface area contributed by atoms with Crippen molar-refractivity contribution in [1.82, 2.24) is 15.1 Å². The van der Waals surface area contributed by atoms with Gasteiger partial charge in [0.05, 0.1) is 5.69 Å². The van der Waals surface area contributed by atoms with Gasteiger partial charge < -0.3 is 5.32 Å². The zero-order valence-electron chi connectivity index (χ0n) is 11.2. The molecule has 2 rings (SSSR count). The van der Waals surface area contributed by atoms with Gasteiger partial charge in [-0.15, -0.1) is 0 Å². The van der Waals surface area contributed by atoms with Gasteiger partial charge in [-0.25, -0.2) is 0 Å². The third-order valence-electron chi connectivity index (χ3n) is 3.45. The van der Waals surface area contributed by atoms with Crippen molar-refractivity contribution < 1.29 is 0 Å². The smallest absolute Gasteiger partial charge is 0.0624 e. The van der Waals surface area contributed by atoms with Crippen LogP contribution in [0.15, 0.2) is 6.07 Å². The Kier molecular flexibility index (Phi) is 4.60. The summed E-state index contributed by atoms with van der Waals surface area (Å²) in [5, 5.41) is 8.15. The Labute approximate surface area is 105 Å².